The lowest BCUT2D eigenvalue weighted by Gasteiger charge is -2.49. The maximum Gasteiger partial charge on any atom is 0.217 e. The Kier molecular flexibility index (Phi) is 3.16. The fourth-order valence-electron chi connectivity index (χ4n) is 4.73. The predicted octanol–water partition coefficient (Wildman–Crippen LogP) is 2.85. The van der Waals surface area contributed by atoms with E-state index in [-0.39, 0.29) is 18.4 Å². The van der Waals surface area contributed by atoms with Gasteiger partial charge in [-0.05, 0) is 24.3 Å². The molecule has 4 unspecified atom stereocenters. The van der Waals surface area contributed by atoms with Gasteiger partial charge in [0.05, 0.1) is 30.7 Å². The average molecular weight is 332 g/mol. The Hall–Kier alpha value is -2.88. The average Bonchev–Trinajstić information content (AvgIpc) is 2.86. The predicted molar refractivity (Wildman–Crippen MR) is 85.7 cm³/mol. The van der Waals surface area contributed by atoms with Gasteiger partial charge in [-0.3, -0.25) is 5.41 Å². The van der Waals surface area contributed by atoms with E-state index in [2.05, 4.69) is 6.07 Å². The number of nitriles is 3. The highest BCUT2D eigenvalue weighted by molar-refractivity contribution is 5.89. The summed E-state index contributed by atoms with van der Waals surface area (Å²) in [5.41, 5.74) is -2.15. The van der Waals surface area contributed by atoms with Crippen LogP contribution in [0, 0.1) is 56.2 Å². The number of nitrogens with one attached hydrogen (secondary N) is 1. The van der Waals surface area contributed by atoms with E-state index in [9.17, 15) is 15.8 Å². The first kappa shape index (κ1) is 15.6. The fourth-order valence-corrected chi connectivity index (χ4v) is 4.73. The van der Waals surface area contributed by atoms with E-state index in [4.69, 9.17) is 14.9 Å². The van der Waals surface area contributed by atoms with E-state index in [1.165, 1.54) is 0 Å². The third-order valence-electron chi connectivity index (χ3n) is 6.08. The van der Waals surface area contributed by atoms with Crippen LogP contribution in [0.1, 0.15) is 30.7 Å². The van der Waals surface area contributed by atoms with Crippen molar-refractivity contribution in [3.05, 3.63) is 35.9 Å². The Morgan fingerprint density at radius 3 is 2.44 bits per heavy atom. The van der Waals surface area contributed by atoms with Gasteiger partial charge in [0.15, 0.2) is 10.8 Å². The van der Waals surface area contributed by atoms with Gasteiger partial charge in [0.1, 0.15) is 0 Å². The Bertz CT molecular complexity index is 848. The second-order valence-corrected chi connectivity index (χ2v) is 7.02. The maximum absolute atomic E-state index is 10.0. The molecule has 1 aromatic rings. The molecule has 0 amide bonds. The van der Waals surface area contributed by atoms with Crippen LogP contribution >= 0.6 is 0 Å². The molecule has 2 bridgehead atoms. The van der Waals surface area contributed by atoms with Gasteiger partial charge in [0, 0.05) is 6.42 Å². The van der Waals surface area contributed by atoms with Gasteiger partial charge in [0.25, 0.3) is 0 Å². The molecule has 1 aromatic carbocycles. The highest BCUT2D eigenvalue weighted by Gasteiger charge is 2.78. The number of nitrogens with zero attached hydrogens (tertiary/aromatic N) is 3. The van der Waals surface area contributed by atoms with E-state index in [0.717, 1.165) is 12.0 Å². The Morgan fingerprint density at radius 2 is 1.80 bits per heavy atom. The van der Waals surface area contributed by atoms with Gasteiger partial charge in [-0.25, -0.2) is 0 Å². The molecule has 3 fully saturated rings. The molecule has 4 atom stereocenters. The summed E-state index contributed by atoms with van der Waals surface area (Å²) in [7, 11) is 0. The standard InChI is InChI=1S/C19H16N4O2/c20-9-17(10-21)12-24-19-7-6-14(13-4-2-1-3-5-13)8-15(19)18(17,11-22)16(23)25-19/h1-5,14-15,23H,6-8,12H2. The molecule has 2 heterocycles. The minimum absolute atomic E-state index is 0.179. The third kappa shape index (κ3) is 1.71. The van der Waals surface area contributed by atoms with Crippen molar-refractivity contribution < 1.29 is 9.47 Å². The molecule has 25 heavy (non-hydrogen) atoms. The van der Waals surface area contributed by atoms with E-state index < -0.39 is 22.5 Å². The zero-order valence-electron chi connectivity index (χ0n) is 13.5. The van der Waals surface area contributed by atoms with Crippen molar-refractivity contribution >= 4 is 5.90 Å². The molecular weight excluding hydrogens is 316 g/mol. The minimum Gasteiger partial charge on any atom is -0.447 e. The van der Waals surface area contributed by atoms with Gasteiger partial charge >= 0.3 is 0 Å². The lowest BCUT2D eigenvalue weighted by atomic mass is 9.53. The summed E-state index contributed by atoms with van der Waals surface area (Å²) in [5, 5.41) is 37.7. The first-order valence-corrected chi connectivity index (χ1v) is 8.28. The zero-order chi connectivity index (χ0) is 17.7. The molecule has 4 rings (SSSR count). The van der Waals surface area contributed by atoms with Gasteiger partial charge in [-0.2, -0.15) is 15.8 Å². The maximum atomic E-state index is 10.0. The van der Waals surface area contributed by atoms with Gasteiger partial charge < -0.3 is 9.47 Å². The third-order valence-corrected chi connectivity index (χ3v) is 6.08. The summed E-state index contributed by atoms with van der Waals surface area (Å²) in [6.45, 7) is -0.206. The number of hydrogen-bond donors (Lipinski definition) is 1. The van der Waals surface area contributed by atoms with Crippen molar-refractivity contribution in [1.29, 1.82) is 21.2 Å². The Labute approximate surface area is 145 Å². The summed E-state index contributed by atoms with van der Waals surface area (Å²) in [5.74, 6) is -1.69. The van der Waals surface area contributed by atoms with Crippen LogP contribution in [-0.4, -0.2) is 18.3 Å². The summed E-state index contributed by atoms with van der Waals surface area (Å²) in [6.07, 6.45) is 1.89. The lowest BCUT2D eigenvalue weighted by molar-refractivity contribution is -0.262. The van der Waals surface area contributed by atoms with E-state index in [0.29, 0.717) is 12.8 Å². The van der Waals surface area contributed by atoms with Crippen molar-refractivity contribution in [3.8, 4) is 18.2 Å². The smallest absolute Gasteiger partial charge is 0.217 e. The number of benzene rings is 1. The number of hydrogen-bond acceptors (Lipinski definition) is 6. The van der Waals surface area contributed by atoms with E-state index in [1.807, 2.05) is 42.5 Å². The largest absolute Gasteiger partial charge is 0.447 e. The topological polar surface area (TPSA) is 114 Å². The van der Waals surface area contributed by atoms with E-state index in [1.54, 1.807) is 0 Å². The highest BCUT2D eigenvalue weighted by atomic mass is 16.7. The first-order chi connectivity index (χ1) is 12.1. The second kappa shape index (κ2) is 5.06. The monoisotopic (exact) mass is 332 g/mol. The Morgan fingerprint density at radius 1 is 1.08 bits per heavy atom. The van der Waals surface area contributed by atoms with Crippen molar-refractivity contribution in [2.75, 3.05) is 6.61 Å². The quantitative estimate of drug-likeness (QED) is 0.849. The van der Waals surface area contributed by atoms with Gasteiger partial charge in [-0.1, -0.05) is 30.3 Å². The molecule has 2 saturated heterocycles. The van der Waals surface area contributed by atoms with Crippen LogP contribution < -0.4 is 0 Å². The van der Waals surface area contributed by atoms with Gasteiger partial charge in [0.2, 0.25) is 11.7 Å². The summed E-state index contributed by atoms with van der Waals surface area (Å²) in [6, 6.07) is 16.1. The van der Waals surface area contributed by atoms with Gasteiger partial charge in [-0.15, -0.1) is 0 Å². The molecule has 1 aliphatic carbocycles. The molecule has 124 valence electrons. The normalized spacial score (nSPS) is 37.7. The van der Waals surface area contributed by atoms with Crippen molar-refractivity contribution in [2.24, 2.45) is 16.7 Å². The molecule has 1 N–H and O–H groups in total. The lowest BCUT2D eigenvalue weighted by Crippen LogP contribution is -2.59. The highest BCUT2D eigenvalue weighted by Crippen LogP contribution is 2.65. The summed E-state index contributed by atoms with van der Waals surface area (Å²) in [4.78, 5) is 0. The first-order valence-electron chi connectivity index (χ1n) is 8.28. The molecule has 3 aliphatic rings. The van der Waals surface area contributed by atoms with Crippen LogP contribution in [0.4, 0.5) is 0 Å². The van der Waals surface area contributed by atoms with Crippen LogP contribution in [0.5, 0.6) is 0 Å². The fraction of sp³-hybridized carbons (Fsp3) is 0.474. The van der Waals surface area contributed by atoms with Crippen molar-refractivity contribution in [3.63, 3.8) is 0 Å². The minimum atomic E-state index is -1.72. The molecule has 6 heteroatoms. The van der Waals surface area contributed by atoms with Crippen LogP contribution in [0.2, 0.25) is 0 Å². The second-order valence-electron chi connectivity index (χ2n) is 7.02. The molecule has 1 saturated carbocycles. The SMILES string of the molecule is N#CC1(C#N)COC23CCC(c4ccccc4)CC2C1(C#N)C(=N)O3. The molecule has 2 aliphatic heterocycles. The number of rotatable bonds is 1. The summed E-state index contributed by atoms with van der Waals surface area (Å²) >= 11 is 0. The molecular formula is C19H16N4O2. The molecule has 0 radical (unpaired) electrons. The Balaban J connectivity index is 1.82. The van der Waals surface area contributed by atoms with E-state index >= 15 is 0 Å². The zero-order valence-corrected chi connectivity index (χ0v) is 13.5. The van der Waals surface area contributed by atoms with Crippen LogP contribution in [0.25, 0.3) is 0 Å². The van der Waals surface area contributed by atoms with Crippen molar-refractivity contribution in [1.82, 2.24) is 0 Å². The van der Waals surface area contributed by atoms with Crippen LogP contribution in [0.3, 0.4) is 0 Å². The van der Waals surface area contributed by atoms with Crippen molar-refractivity contribution in [2.45, 2.75) is 31.0 Å². The molecule has 0 spiro atoms. The van der Waals surface area contributed by atoms with Crippen LogP contribution in [0.15, 0.2) is 30.3 Å². The summed E-state index contributed by atoms with van der Waals surface area (Å²) < 4.78 is 11.6. The number of ether oxygens (including phenoxy) is 2. The van der Waals surface area contributed by atoms with Crippen LogP contribution in [-0.2, 0) is 9.47 Å². The molecule has 6 nitrogen and oxygen atoms in total. The molecule has 0 aromatic heterocycles.